The fourth-order valence-electron chi connectivity index (χ4n) is 3.28. The van der Waals surface area contributed by atoms with E-state index in [2.05, 4.69) is 19.9 Å². The van der Waals surface area contributed by atoms with Gasteiger partial charge in [-0.1, -0.05) is 40.7 Å². The van der Waals surface area contributed by atoms with Crippen LogP contribution in [0, 0.1) is 16.7 Å². The van der Waals surface area contributed by atoms with Gasteiger partial charge in [-0.3, -0.25) is 4.79 Å². The predicted molar refractivity (Wildman–Crippen MR) is 92.9 cm³/mol. The van der Waals surface area contributed by atoms with Gasteiger partial charge in [-0.2, -0.15) is 5.26 Å². The summed E-state index contributed by atoms with van der Waals surface area (Å²) in [5, 5.41) is 28.7. The van der Waals surface area contributed by atoms with Crippen LogP contribution in [-0.2, 0) is 23.4 Å². The van der Waals surface area contributed by atoms with Crippen molar-refractivity contribution in [2.45, 2.75) is 59.7 Å². The van der Waals surface area contributed by atoms with Gasteiger partial charge in [0.2, 0.25) is 0 Å². The van der Waals surface area contributed by atoms with Gasteiger partial charge in [0.05, 0.1) is 18.8 Å². The van der Waals surface area contributed by atoms with Crippen LogP contribution in [0.1, 0.15) is 63.3 Å². The van der Waals surface area contributed by atoms with E-state index < -0.39 is 5.41 Å². The lowest BCUT2D eigenvalue weighted by atomic mass is 9.83. The van der Waals surface area contributed by atoms with Crippen LogP contribution in [0.15, 0.2) is 17.7 Å². The standard InChI is InChI=1S/C20H25NO3/c1-19(2,3)18(24)16(9-21)15-8-20(4,5)17-7-13(11-23)12(10-22)6-14(15)17/h6-7,22-23H,8,10-11H2,1-5H3/b16-15+. The van der Waals surface area contributed by atoms with Gasteiger partial charge in [0.25, 0.3) is 0 Å². The molecule has 0 heterocycles. The Hall–Kier alpha value is -1.96. The maximum absolute atomic E-state index is 12.7. The summed E-state index contributed by atoms with van der Waals surface area (Å²) in [7, 11) is 0. The third-order valence-electron chi connectivity index (χ3n) is 4.68. The zero-order valence-corrected chi connectivity index (χ0v) is 15.0. The highest BCUT2D eigenvalue weighted by Crippen LogP contribution is 2.48. The zero-order chi connectivity index (χ0) is 18.3. The van der Waals surface area contributed by atoms with Crippen LogP contribution in [0.3, 0.4) is 0 Å². The maximum atomic E-state index is 12.7. The highest BCUT2D eigenvalue weighted by molar-refractivity contribution is 6.09. The van der Waals surface area contributed by atoms with Crippen LogP contribution < -0.4 is 0 Å². The number of nitrogens with zero attached hydrogens (tertiary/aromatic N) is 1. The molecule has 0 aliphatic heterocycles. The molecule has 0 unspecified atom stereocenters. The molecule has 2 rings (SSSR count). The van der Waals surface area contributed by atoms with Crippen LogP contribution in [0.25, 0.3) is 5.57 Å². The molecular weight excluding hydrogens is 302 g/mol. The highest BCUT2D eigenvalue weighted by Gasteiger charge is 2.38. The van der Waals surface area contributed by atoms with Crippen LogP contribution >= 0.6 is 0 Å². The average molecular weight is 327 g/mol. The van der Waals surface area contributed by atoms with Gasteiger partial charge >= 0.3 is 0 Å². The number of hydrogen-bond donors (Lipinski definition) is 2. The number of fused-ring (bicyclic) bond motifs is 1. The van der Waals surface area contributed by atoms with E-state index in [0.29, 0.717) is 17.5 Å². The monoisotopic (exact) mass is 327 g/mol. The molecular formula is C20H25NO3. The lowest BCUT2D eigenvalue weighted by Crippen LogP contribution is -2.22. The van der Waals surface area contributed by atoms with E-state index in [-0.39, 0.29) is 30.0 Å². The Balaban J connectivity index is 2.77. The van der Waals surface area contributed by atoms with Crippen molar-refractivity contribution in [2.24, 2.45) is 5.41 Å². The third-order valence-corrected chi connectivity index (χ3v) is 4.68. The van der Waals surface area contributed by atoms with Crippen molar-refractivity contribution < 1.29 is 15.0 Å². The molecule has 1 aromatic carbocycles. The summed E-state index contributed by atoms with van der Waals surface area (Å²) in [5.74, 6) is -0.166. The number of benzene rings is 1. The van der Waals surface area contributed by atoms with E-state index in [1.807, 2.05) is 32.9 Å². The number of carbonyl (C=O) groups excluding carboxylic acids is 1. The van der Waals surface area contributed by atoms with Crippen molar-refractivity contribution in [3.05, 3.63) is 40.0 Å². The van der Waals surface area contributed by atoms with Crippen molar-refractivity contribution >= 4 is 11.4 Å². The summed E-state index contributed by atoms with van der Waals surface area (Å²) in [6, 6.07) is 5.82. The van der Waals surface area contributed by atoms with Crippen LogP contribution in [0.4, 0.5) is 0 Å². The van der Waals surface area contributed by atoms with Gasteiger partial charge in [-0.15, -0.1) is 0 Å². The second-order valence-electron chi connectivity index (χ2n) is 8.09. The predicted octanol–water partition coefficient (Wildman–Crippen LogP) is 3.24. The Morgan fingerprint density at radius 1 is 1.21 bits per heavy atom. The summed E-state index contributed by atoms with van der Waals surface area (Å²) in [5.41, 5.74) is 3.26. The molecule has 0 saturated carbocycles. The number of carbonyl (C=O) groups is 1. The van der Waals surface area contributed by atoms with Crippen molar-refractivity contribution in [1.29, 1.82) is 5.26 Å². The first-order valence-corrected chi connectivity index (χ1v) is 8.13. The summed E-state index contributed by atoms with van der Waals surface area (Å²) >= 11 is 0. The van der Waals surface area contributed by atoms with Crippen LogP contribution in [0.5, 0.6) is 0 Å². The lowest BCUT2D eigenvalue weighted by Gasteiger charge is -2.20. The number of aliphatic hydroxyl groups excluding tert-OH is 2. The molecule has 0 radical (unpaired) electrons. The molecule has 2 N–H and O–H groups in total. The fraction of sp³-hybridized carbons (Fsp3) is 0.500. The Labute approximate surface area is 143 Å². The number of allylic oxidation sites excluding steroid dienone is 2. The van der Waals surface area contributed by atoms with E-state index in [4.69, 9.17) is 0 Å². The van der Waals surface area contributed by atoms with Gasteiger partial charge in [0.15, 0.2) is 5.78 Å². The van der Waals surface area contributed by atoms with Gasteiger partial charge in [0, 0.05) is 5.41 Å². The summed E-state index contributed by atoms with van der Waals surface area (Å²) < 4.78 is 0. The van der Waals surface area contributed by atoms with Gasteiger partial charge in [-0.25, -0.2) is 0 Å². The minimum Gasteiger partial charge on any atom is -0.392 e. The molecule has 0 saturated heterocycles. The quantitative estimate of drug-likeness (QED) is 0.659. The first-order chi connectivity index (χ1) is 11.1. The Morgan fingerprint density at radius 2 is 1.75 bits per heavy atom. The molecule has 0 fully saturated rings. The number of hydrogen-bond acceptors (Lipinski definition) is 4. The average Bonchev–Trinajstić information content (AvgIpc) is 2.76. The van der Waals surface area contributed by atoms with E-state index in [1.165, 1.54) is 0 Å². The SMILES string of the molecule is CC(C)(C)C(=O)/C(C#N)=C1\CC(C)(C)c2cc(CO)c(CO)cc21. The van der Waals surface area contributed by atoms with E-state index >= 15 is 0 Å². The lowest BCUT2D eigenvalue weighted by molar-refractivity contribution is -0.122. The van der Waals surface area contributed by atoms with E-state index in [1.54, 1.807) is 0 Å². The van der Waals surface area contributed by atoms with E-state index in [0.717, 1.165) is 16.7 Å². The van der Waals surface area contributed by atoms with Crippen LogP contribution in [0.2, 0.25) is 0 Å². The molecule has 1 aromatic rings. The fourth-order valence-corrected chi connectivity index (χ4v) is 3.28. The summed E-state index contributed by atoms with van der Waals surface area (Å²) in [6.45, 7) is 9.22. The molecule has 0 amide bonds. The van der Waals surface area contributed by atoms with Gasteiger partial charge in [0.1, 0.15) is 6.07 Å². The Bertz CT molecular complexity index is 758. The smallest absolute Gasteiger partial charge is 0.178 e. The molecule has 128 valence electrons. The minimum absolute atomic E-state index is 0.148. The molecule has 1 aliphatic carbocycles. The molecule has 0 spiro atoms. The van der Waals surface area contributed by atoms with Crippen LogP contribution in [-0.4, -0.2) is 16.0 Å². The topological polar surface area (TPSA) is 81.3 Å². The normalized spacial score (nSPS) is 18.1. The third kappa shape index (κ3) is 3.02. The molecule has 4 nitrogen and oxygen atoms in total. The first kappa shape index (κ1) is 18.4. The van der Waals surface area contributed by atoms with Gasteiger partial charge in [-0.05, 0) is 45.7 Å². The zero-order valence-electron chi connectivity index (χ0n) is 15.0. The number of ketones is 1. The number of aliphatic hydroxyl groups is 2. The number of Topliss-reactive ketones (excluding diaryl/α,β-unsaturated/α-hetero) is 1. The maximum Gasteiger partial charge on any atom is 0.178 e. The second kappa shape index (κ2) is 6.16. The Morgan fingerprint density at radius 3 is 2.21 bits per heavy atom. The Kier molecular flexibility index (Phi) is 4.72. The summed E-state index contributed by atoms with van der Waals surface area (Å²) in [4.78, 5) is 12.7. The first-order valence-electron chi connectivity index (χ1n) is 8.13. The van der Waals surface area contributed by atoms with Crippen molar-refractivity contribution in [3.63, 3.8) is 0 Å². The summed E-state index contributed by atoms with van der Waals surface area (Å²) in [6.07, 6.45) is 0.590. The minimum atomic E-state index is -0.629. The molecule has 0 bridgehead atoms. The van der Waals surface area contributed by atoms with Crippen molar-refractivity contribution in [3.8, 4) is 6.07 Å². The molecule has 0 atom stereocenters. The van der Waals surface area contributed by atoms with Crippen molar-refractivity contribution in [1.82, 2.24) is 0 Å². The second-order valence-corrected chi connectivity index (χ2v) is 8.09. The van der Waals surface area contributed by atoms with Crippen molar-refractivity contribution in [2.75, 3.05) is 0 Å². The molecule has 24 heavy (non-hydrogen) atoms. The number of rotatable bonds is 3. The van der Waals surface area contributed by atoms with Gasteiger partial charge < -0.3 is 10.2 Å². The highest BCUT2D eigenvalue weighted by atomic mass is 16.3. The number of nitriles is 1. The molecule has 0 aromatic heterocycles. The molecule has 1 aliphatic rings. The molecule has 4 heteroatoms. The largest absolute Gasteiger partial charge is 0.392 e. The van der Waals surface area contributed by atoms with E-state index in [9.17, 15) is 20.3 Å².